The standard InChI is InChI=1S/C14H14F3N3O2S/c1-4-10(21)18-9-6-5-8(11(23-3)7(9)2)12-19-13(22-20-12)14(15,16)17/h5-6H,4H2,1-3H3,(H,18,21). The van der Waals surface area contributed by atoms with Crippen LogP contribution in [0.5, 0.6) is 0 Å². The average molecular weight is 345 g/mol. The van der Waals surface area contributed by atoms with Crippen LogP contribution in [0.1, 0.15) is 24.8 Å². The molecule has 9 heteroatoms. The van der Waals surface area contributed by atoms with Crippen molar-refractivity contribution in [3.8, 4) is 11.4 Å². The minimum Gasteiger partial charge on any atom is -0.329 e. The van der Waals surface area contributed by atoms with E-state index in [1.54, 1.807) is 32.2 Å². The molecule has 0 radical (unpaired) electrons. The summed E-state index contributed by atoms with van der Waals surface area (Å²) in [6.45, 7) is 3.50. The van der Waals surface area contributed by atoms with E-state index in [0.29, 0.717) is 22.6 Å². The van der Waals surface area contributed by atoms with Gasteiger partial charge in [0.05, 0.1) is 0 Å². The molecule has 0 saturated carbocycles. The monoisotopic (exact) mass is 345 g/mol. The number of rotatable bonds is 4. The van der Waals surface area contributed by atoms with Gasteiger partial charge in [0.2, 0.25) is 11.7 Å². The summed E-state index contributed by atoms with van der Waals surface area (Å²) in [4.78, 5) is 15.6. The van der Waals surface area contributed by atoms with Crippen molar-refractivity contribution in [1.82, 2.24) is 10.1 Å². The number of halogens is 3. The van der Waals surface area contributed by atoms with Gasteiger partial charge in [0, 0.05) is 22.6 Å². The largest absolute Gasteiger partial charge is 0.471 e. The number of amides is 1. The fourth-order valence-electron chi connectivity index (χ4n) is 1.95. The lowest BCUT2D eigenvalue weighted by molar-refractivity contribution is -0.159. The van der Waals surface area contributed by atoms with E-state index >= 15 is 0 Å². The van der Waals surface area contributed by atoms with Crippen LogP contribution in [0.3, 0.4) is 0 Å². The number of nitrogens with zero attached hydrogens (tertiary/aromatic N) is 2. The first kappa shape index (κ1) is 17.3. The molecule has 124 valence electrons. The maximum absolute atomic E-state index is 12.6. The van der Waals surface area contributed by atoms with Crippen LogP contribution in [0.4, 0.5) is 18.9 Å². The minimum absolute atomic E-state index is 0.141. The lowest BCUT2D eigenvalue weighted by atomic mass is 10.1. The first-order valence-electron chi connectivity index (χ1n) is 6.66. The van der Waals surface area contributed by atoms with Crippen molar-refractivity contribution in [2.45, 2.75) is 31.3 Å². The SMILES string of the molecule is CCC(=O)Nc1ccc(-c2noc(C(F)(F)F)n2)c(SC)c1C. The zero-order chi connectivity index (χ0) is 17.2. The number of carbonyl (C=O) groups is 1. The highest BCUT2D eigenvalue weighted by atomic mass is 32.2. The molecule has 1 N–H and O–H groups in total. The Balaban J connectivity index is 2.46. The van der Waals surface area contributed by atoms with Crippen molar-refractivity contribution in [3.05, 3.63) is 23.6 Å². The summed E-state index contributed by atoms with van der Waals surface area (Å²) >= 11 is 1.33. The second kappa shape index (κ2) is 6.61. The molecule has 1 heterocycles. The Labute approximate surface area is 134 Å². The number of benzene rings is 1. The summed E-state index contributed by atoms with van der Waals surface area (Å²) < 4.78 is 42.0. The van der Waals surface area contributed by atoms with Gasteiger partial charge in [-0.25, -0.2) is 0 Å². The number of nitrogens with one attached hydrogen (secondary N) is 1. The fraction of sp³-hybridized carbons (Fsp3) is 0.357. The van der Waals surface area contributed by atoms with Gasteiger partial charge in [-0.2, -0.15) is 18.2 Å². The predicted octanol–water partition coefficient (Wildman–Crippen LogP) is 4.13. The minimum atomic E-state index is -4.69. The second-order valence-corrected chi connectivity index (χ2v) is 5.46. The first-order valence-corrected chi connectivity index (χ1v) is 7.89. The van der Waals surface area contributed by atoms with E-state index in [0.717, 1.165) is 5.56 Å². The van der Waals surface area contributed by atoms with E-state index in [4.69, 9.17) is 0 Å². The summed E-state index contributed by atoms with van der Waals surface area (Å²) in [7, 11) is 0. The third-order valence-electron chi connectivity index (χ3n) is 3.11. The van der Waals surface area contributed by atoms with Crippen molar-refractivity contribution in [2.75, 3.05) is 11.6 Å². The molecule has 0 bridgehead atoms. The van der Waals surface area contributed by atoms with Gasteiger partial charge in [-0.05, 0) is 30.9 Å². The number of alkyl halides is 3. The summed E-state index contributed by atoms with van der Waals surface area (Å²) in [6.07, 6.45) is -2.58. The quantitative estimate of drug-likeness (QED) is 0.844. The summed E-state index contributed by atoms with van der Waals surface area (Å²) in [5.41, 5.74) is 1.75. The maximum Gasteiger partial charge on any atom is 0.471 e. The second-order valence-electron chi connectivity index (χ2n) is 4.64. The zero-order valence-corrected chi connectivity index (χ0v) is 13.4. The van der Waals surface area contributed by atoms with Crippen molar-refractivity contribution in [2.24, 2.45) is 0 Å². The fourth-order valence-corrected chi connectivity index (χ4v) is 2.75. The highest BCUT2D eigenvalue weighted by Gasteiger charge is 2.38. The van der Waals surface area contributed by atoms with Crippen LogP contribution in [-0.4, -0.2) is 22.3 Å². The average Bonchev–Trinajstić information content (AvgIpc) is 2.98. The normalized spacial score (nSPS) is 11.6. The van der Waals surface area contributed by atoms with Crippen LogP contribution in [0.2, 0.25) is 0 Å². The molecule has 0 spiro atoms. The molecule has 0 aliphatic rings. The molecule has 0 atom stereocenters. The lowest BCUT2D eigenvalue weighted by Crippen LogP contribution is -2.11. The number of carbonyl (C=O) groups excluding carboxylic acids is 1. The zero-order valence-electron chi connectivity index (χ0n) is 12.6. The molecule has 5 nitrogen and oxygen atoms in total. The molecular formula is C14H14F3N3O2S. The van der Waals surface area contributed by atoms with Crippen LogP contribution in [-0.2, 0) is 11.0 Å². The molecule has 2 rings (SSSR count). The molecule has 0 fully saturated rings. The molecule has 1 amide bonds. The Hall–Kier alpha value is -2.03. The molecule has 0 unspecified atom stereocenters. The van der Waals surface area contributed by atoms with Crippen molar-refractivity contribution in [3.63, 3.8) is 0 Å². The molecule has 0 saturated heterocycles. The van der Waals surface area contributed by atoms with E-state index in [1.165, 1.54) is 11.8 Å². The van der Waals surface area contributed by atoms with Gasteiger partial charge in [-0.1, -0.05) is 12.1 Å². The summed E-state index contributed by atoms with van der Waals surface area (Å²) in [5, 5.41) is 6.15. The first-order chi connectivity index (χ1) is 10.8. The Kier molecular flexibility index (Phi) is 4.98. The van der Waals surface area contributed by atoms with Gasteiger partial charge in [0.25, 0.3) is 0 Å². The Bertz CT molecular complexity index is 729. The predicted molar refractivity (Wildman–Crippen MR) is 80.2 cm³/mol. The van der Waals surface area contributed by atoms with Crippen LogP contribution < -0.4 is 5.32 Å². The van der Waals surface area contributed by atoms with Gasteiger partial charge in [-0.15, -0.1) is 11.8 Å². The molecule has 1 aromatic heterocycles. The molecular weight excluding hydrogens is 331 g/mol. The van der Waals surface area contributed by atoms with Crippen molar-refractivity contribution < 1.29 is 22.5 Å². The van der Waals surface area contributed by atoms with E-state index in [9.17, 15) is 18.0 Å². The Morgan fingerprint density at radius 2 is 2.09 bits per heavy atom. The highest BCUT2D eigenvalue weighted by Crippen LogP contribution is 2.37. The van der Waals surface area contributed by atoms with Gasteiger partial charge in [-0.3, -0.25) is 4.79 Å². The van der Waals surface area contributed by atoms with Crippen LogP contribution >= 0.6 is 11.8 Å². The summed E-state index contributed by atoms with van der Waals surface area (Å²) in [5.74, 6) is -1.68. The maximum atomic E-state index is 12.6. The molecule has 0 aliphatic heterocycles. The Morgan fingerprint density at radius 1 is 1.39 bits per heavy atom. The smallest absolute Gasteiger partial charge is 0.329 e. The molecule has 1 aromatic carbocycles. The molecule has 2 aromatic rings. The Morgan fingerprint density at radius 3 is 2.61 bits per heavy atom. The van der Waals surface area contributed by atoms with Gasteiger partial charge in [0.15, 0.2) is 0 Å². The number of hydrogen-bond donors (Lipinski definition) is 1. The lowest BCUT2D eigenvalue weighted by Gasteiger charge is -2.13. The topological polar surface area (TPSA) is 68.0 Å². The number of thioether (sulfide) groups is 1. The third-order valence-corrected chi connectivity index (χ3v) is 4.05. The number of hydrogen-bond acceptors (Lipinski definition) is 5. The summed E-state index contributed by atoms with van der Waals surface area (Å²) in [6, 6.07) is 3.18. The van der Waals surface area contributed by atoms with Crippen LogP contribution in [0.25, 0.3) is 11.4 Å². The number of anilines is 1. The van der Waals surface area contributed by atoms with Crippen LogP contribution in [0.15, 0.2) is 21.6 Å². The molecule has 0 aliphatic carbocycles. The van der Waals surface area contributed by atoms with E-state index < -0.39 is 12.1 Å². The van der Waals surface area contributed by atoms with Crippen molar-refractivity contribution >= 4 is 23.4 Å². The van der Waals surface area contributed by atoms with Crippen LogP contribution in [0, 0.1) is 6.92 Å². The third kappa shape index (κ3) is 3.66. The number of aromatic nitrogens is 2. The van der Waals surface area contributed by atoms with Gasteiger partial charge >= 0.3 is 12.1 Å². The highest BCUT2D eigenvalue weighted by molar-refractivity contribution is 7.98. The van der Waals surface area contributed by atoms with E-state index in [-0.39, 0.29) is 11.7 Å². The van der Waals surface area contributed by atoms with E-state index in [2.05, 4.69) is 20.0 Å². The van der Waals surface area contributed by atoms with Crippen molar-refractivity contribution in [1.29, 1.82) is 0 Å². The van der Waals surface area contributed by atoms with E-state index in [1.807, 2.05) is 0 Å². The van der Waals surface area contributed by atoms with Gasteiger partial charge in [0.1, 0.15) is 0 Å². The van der Waals surface area contributed by atoms with Gasteiger partial charge < -0.3 is 9.84 Å². The molecule has 23 heavy (non-hydrogen) atoms.